The summed E-state index contributed by atoms with van der Waals surface area (Å²) in [5.41, 5.74) is 1.11. The third-order valence-electron chi connectivity index (χ3n) is 3.58. The molecule has 3 aromatic rings. The molecule has 6 heteroatoms. The molecule has 1 unspecified atom stereocenters. The molecule has 2 heterocycles. The van der Waals surface area contributed by atoms with E-state index in [9.17, 15) is 9.59 Å². The highest BCUT2D eigenvalue weighted by Crippen LogP contribution is 2.16. The molecule has 0 radical (unpaired) electrons. The number of carbonyl (C=O) groups is 1. The number of hydrogen-bond acceptors (Lipinski definition) is 3. The Morgan fingerprint density at radius 3 is 2.70 bits per heavy atom. The van der Waals surface area contributed by atoms with Crippen LogP contribution in [0.1, 0.15) is 28.9 Å². The molecule has 23 heavy (non-hydrogen) atoms. The molecule has 3 rings (SSSR count). The van der Waals surface area contributed by atoms with Crippen LogP contribution >= 0.6 is 15.9 Å². The Labute approximate surface area is 141 Å². The Morgan fingerprint density at radius 2 is 1.96 bits per heavy atom. The standard InChI is InChI=1S/C17H14BrN3O2/c1-11(12-5-7-13(18)8-6-12)20-16(22)14-10-19-15-4-2-3-9-21(15)17(14)23/h2-11H,1H3,(H,20,22). The number of nitrogens with zero attached hydrogens (tertiary/aromatic N) is 2. The maximum absolute atomic E-state index is 12.4. The molecular formula is C17H14BrN3O2. The summed E-state index contributed by atoms with van der Waals surface area (Å²) in [5, 5.41) is 2.83. The van der Waals surface area contributed by atoms with Gasteiger partial charge >= 0.3 is 0 Å². The summed E-state index contributed by atoms with van der Waals surface area (Å²) in [6.07, 6.45) is 2.92. The van der Waals surface area contributed by atoms with E-state index in [1.54, 1.807) is 24.4 Å². The molecule has 0 saturated heterocycles. The summed E-state index contributed by atoms with van der Waals surface area (Å²) < 4.78 is 2.33. The number of carbonyl (C=O) groups excluding carboxylic acids is 1. The molecule has 0 fully saturated rings. The fraction of sp³-hybridized carbons (Fsp3) is 0.118. The summed E-state index contributed by atoms with van der Waals surface area (Å²) in [7, 11) is 0. The van der Waals surface area contributed by atoms with E-state index >= 15 is 0 Å². The van der Waals surface area contributed by atoms with Gasteiger partial charge < -0.3 is 5.32 Å². The monoisotopic (exact) mass is 371 g/mol. The number of rotatable bonds is 3. The van der Waals surface area contributed by atoms with Gasteiger partial charge in [-0.2, -0.15) is 0 Å². The topological polar surface area (TPSA) is 63.5 Å². The average Bonchev–Trinajstić information content (AvgIpc) is 2.56. The van der Waals surface area contributed by atoms with Gasteiger partial charge in [-0.05, 0) is 36.8 Å². The lowest BCUT2D eigenvalue weighted by molar-refractivity contribution is 0.0938. The van der Waals surface area contributed by atoms with E-state index in [2.05, 4.69) is 26.2 Å². The lowest BCUT2D eigenvalue weighted by Gasteiger charge is -2.14. The van der Waals surface area contributed by atoms with Gasteiger partial charge in [-0.3, -0.25) is 14.0 Å². The first-order valence-corrected chi connectivity index (χ1v) is 7.88. The summed E-state index contributed by atoms with van der Waals surface area (Å²) in [6.45, 7) is 1.87. The van der Waals surface area contributed by atoms with E-state index in [4.69, 9.17) is 0 Å². The molecular weight excluding hydrogens is 358 g/mol. The highest BCUT2D eigenvalue weighted by Gasteiger charge is 2.16. The van der Waals surface area contributed by atoms with E-state index < -0.39 is 5.91 Å². The van der Waals surface area contributed by atoms with Gasteiger partial charge in [-0.15, -0.1) is 0 Å². The predicted octanol–water partition coefficient (Wildman–Crippen LogP) is 2.95. The van der Waals surface area contributed by atoms with Gasteiger partial charge in [0.15, 0.2) is 0 Å². The third kappa shape index (κ3) is 3.17. The first-order chi connectivity index (χ1) is 11.1. The highest BCUT2D eigenvalue weighted by atomic mass is 79.9. The summed E-state index contributed by atoms with van der Waals surface area (Å²) in [6, 6.07) is 12.7. The predicted molar refractivity (Wildman–Crippen MR) is 91.5 cm³/mol. The Kier molecular flexibility index (Phi) is 4.25. The second-order valence-corrected chi connectivity index (χ2v) is 6.07. The average molecular weight is 372 g/mol. The molecule has 0 bridgehead atoms. The van der Waals surface area contributed by atoms with E-state index in [-0.39, 0.29) is 17.2 Å². The van der Waals surface area contributed by atoms with Crippen LogP contribution in [-0.2, 0) is 0 Å². The molecule has 0 aliphatic rings. The minimum atomic E-state index is -0.434. The zero-order valence-electron chi connectivity index (χ0n) is 12.4. The van der Waals surface area contributed by atoms with Gasteiger partial charge in [0.25, 0.3) is 11.5 Å². The molecule has 0 saturated carbocycles. The quantitative estimate of drug-likeness (QED) is 0.769. The van der Waals surface area contributed by atoms with E-state index in [1.165, 1.54) is 10.6 Å². The number of hydrogen-bond donors (Lipinski definition) is 1. The van der Waals surface area contributed by atoms with Gasteiger partial charge in [0.2, 0.25) is 0 Å². The molecule has 5 nitrogen and oxygen atoms in total. The van der Waals surface area contributed by atoms with E-state index in [1.807, 2.05) is 31.2 Å². The number of halogens is 1. The van der Waals surface area contributed by atoms with Gasteiger partial charge in [-0.25, -0.2) is 4.98 Å². The van der Waals surface area contributed by atoms with Crippen molar-refractivity contribution in [2.75, 3.05) is 0 Å². The van der Waals surface area contributed by atoms with Crippen molar-refractivity contribution >= 4 is 27.5 Å². The summed E-state index contributed by atoms with van der Waals surface area (Å²) in [4.78, 5) is 28.9. The van der Waals surface area contributed by atoms with Crippen molar-refractivity contribution in [1.82, 2.24) is 14.7 Å². The van der Waals surface area contributed by atoms with Crippen LogP contribution in [-0.4, -0.2) is 15.3 Å². The molecule has 1 atom stereocenters. The van der Waals surface area contributed by atoms with Crippen LogP contribution in [0.4, 0.5) is 0 Å². The maximum Gasteiger partial charge on any atom is 0.270 e. The van der Waals surface area contributed by atoms with Crippen molar-refractivity contribution in [3.05, 3.63) is 80.8 Å². The smallest absolute Gasteiger partial charge is 0.270 e. The van der Waals surface area contributed by atoms with Gasteiger partial charge in [-0.1, -0.05) is 34.1 Å². The fourth-order valence-electron chi connectivity index (χ4n) is 2.29. The van der Waals surface area contributed by atoms with Crippen molar-refractivity contribution in [3.8, 4) is 0 Å². The Morgan fingerprint density at radius 1 is 1.22 bits per heavy atom. The minimum Gasteiger partial charge on any atom is -0.345 e. The lowest BCUT2D eigenvalue weighted by atomic mass is 10.1. The van der Waals surface area contributed by atoms with Crippen molar-refractivity contribution in [2.45, 2.75) is 13.0 Å². The molecule has 116 valence electrons. The van der Waals surface area contributed by atoms with Crippen LogP contribution in [0.2, 0.25) is 0 Å². The minimum absolute atomic E-state index is 0.0256. The number of nitrogens with one attached hydrogen (secondary N) is 1. The largest absolute Gasteiger partial charge is 0.345 e. The zero-order valence-corrected chi connectivity index (χ0v) is 13.9. The normalized spacial score (nSPS) is 12.1. The maximum atomic E-state index is 12.4. The first kappa shape index (κ1) is 15.4. The molecule has 1 N–H and O–H groups in total. The second kappa shape index (κ2) is 6.34. The number of aromatic nitrogens is 2. The van der Waals surface area contributed by atoms with E-state index in [0.717, 1.165) is 10.0 Å². The molecule has 2 aromatic heterocycles. The van der Waals surface area contributed by atoms with Crippen LogP contribution in [0.5, 0.6) is 0 Å². The number of amides is 1. The molecule has 1 amide bonds. The van der Waals surface area contributed by atoms with Gasteiger partial charge in [0.05, 0.1) is 6.04 Å². The van der Waals surface area contributed by atoms with Crippen molar-refractivity contribution in [3.63, 3.8) is 0 Å². The van der Waals surface area contributed by atoms with Crippen LogP contribution < -0.4 is 10.9 Å². The first-order valence-electron chi connectivity index (χ1n) is 7.09. The number of fused-ring (bicyclic) bond motifs is 1. The summed E-state index contributed by atoms with van der Waals surface area (Å²) >= 11 is 3.37. The van der Waals surface area contributed by atoms with Crippen molar-refractivity contribution in [1.29, 1.82) is 0 Å². The molecule has 0 aliphatic carbocycles. The summed E-state index contributed by atoms with van der Waals surface area (Å²) in [5.74, 6) is -0.434. The van der Waals surface area contributed by atoms with Crippen molar-refractivity contribution < 1.29 is 4.79 Å². The molecule has 1 aromatic carbocycles. The highest BCUT2D eigenvalue weighted by molar-refractivity contribution is 9.10. The van der Waals surface area contributed by atoms with Gasteiger partial charge in [0, 0.05) is 16.9 Å². The van der Waals surface area contributed by atoms with Crippen LogP contribution in [0.3, 0.4) is 0 Å². The van der Waals surface area contributed by atoms with Crippen LogP contribution in [0.25, 0.3) is 5.65 Å². The SMILES string of the molecule is CC(NC(=O)c1cnc2ccccn2c1=O)c1ccc(Br)cc1. The Hall–Kier alpha value is -2.47. The van der Waals surface area contributed by atoms with E-state index in [0.29, 0.717) is 5.65 Å². The Bertz CT molecular complexity index is 919. The van der Waals surface area contributed by atoms with Crippen LogP contribution in [0.15, 0.2) is 64.1 Å². The third-order valence-corrected chi connectivity index (χ3v) is 4.10. The lowest BCUT2D eigenvalue weighted by Crippen LogP contribution is -2.33. The van der Waals surface area contributed by atoms with Crippen LogP contribution in [0, 0.1) is 0 Å². The second-order valence-electron chi connectivity index (χ2n) is 5.15. The van der Waals surface area contributed by atoms with Gasteiger partial charge in [0.1, 0.15) is 11.2 Å². The fourth-order valence-corrected chi connectivity index (χ4v) is 2.56. The van der Waals surface area contributed by atoms with Crippen molar-refractivity contribution in [2.24, 2.45) is 0 Å². The Balaban J connectivity index is 1.87. The number of benzene rings is 1. The number of pyridine rings is 1. The molecule has 0 spiro atoms. The zero-order chi connectivity index (χ0) is 16.4. The molecule has 0 aliphatic heterocycles.